The van der Waals surface area contributed by atoms with Crippen molar-refractivity contribution in [2.45, 2.75) is 50.2 Å². The van der Waals surface area contributed by atoms with Gasteiger partial charge in [-0.05, 0) is 178 Å². The van der Waals surface area contributed by atoms with Gasteiger partial charge in [0.05, 0.1) is 44.7 Å². The number of hydrogen-bond donors (Lipinski definition) is 0. The number of aromatic nitrogens is 9. The van der Waals surface area contributed by atoms with Gasteiger partial charge in [0.25, 0.3) is 0 Å². The van der Waals surface area contributed by atoms with Crippen molar-refractivity contribution in [3.8, 4) is 68.3 Å². The molecule has 3 unspecified atom stereocenters. The van der Waals surface area contributed by atoms with Crippen LogP contribution in [0.15, 0.2) is 221 Å². The van der Waals surface area contributed by atoms with Crippen LogP contribution < -0.4 is 14.2 Å². The van der Waals surface area contributed by atoms with E-state index in [9.17, 15) is 18.8 Å². The van der Waals surface area contributed by atoms with E-state index in [-0.39, 0.29) is 46.6 Å². The van der Waals surface area contributed by atoms with Gasteiger partial charge >= 0.3 is 0 Å². The molecule has 101 heavy (non-hydrogen) atoms. The first-order valence-electron chi connectivity index (χ1n) is 32.5. The lowest BCUT2D eigenvalue weighted by Crippen LogP contribution is -2.40. The molecule has 15 rings (SSSR count). The number of carbonyl (C=O) groups excluding carboxylic acids is 3. The van der Waals surface area contributed by atoms with E-state index in [2.05, 4.69) is 34.7 Å². The number of fused-ring (bicyclic) bond motifs is 3. The van der Waals surface area contributed by atoms with Crippen LogP contribution in [0, 0.1) is 5.82 Å². The second kappa shape index (κ2) is 31.0. The van der Waals surface area contributed by atoms with Crippen LogP contribution in [0.25, 0.3) is 66.5 Å². The minimum absolute atomic E-state index is 0.0431. The van der Waals surface area contributed by atoms with Crippen LogP contribution in [-0.2, 0) is 14.4 Å². The largest absolute Gasteiger partial charge is 0.456 e. The Balaban J connectivity index is 0.000000135. The van der Waals surface area contributed by atoms with Crippen molar-refractivity contribution in [2.75, 3.05) is 39.3 Å². The summed E-state index contributed by atoms with van der Waals surface area (Å²) in [7, 11) is 0. The molecule has 12 aromatic rings. The van der Waals surface area contributed by atoms with E-state index in [4.69, 9.17) is 87.5 Å². The maximum atomic E-state index is 13.7. The fraction of sp³-hybridized carbons (Fsp3) is 0.182. The molecule has 24 heteroatoms. The average molecular weight is 1450 g/mol. The average Bonchev–Trinajstić information content (AvgIpc) is 1.64. The highest BCUT2D eigenvalue weighted by Crippen LogP contribution is 2.41. The van der Waals surface area contributed by atoms with Crippen molar-refractivity contribution in [3.63, 3.8) is 0 Å². The number of ether oxygens (including phenoxy) is 3. The lowest BCUT2D eigenvalue weighted by Gasteiger charge is -2.32. The molecule has 3 amide bonds. The van der Waals surface area contributed by atoms with Gasteiger partial charge in [-0.25, -0.2) is 4.39 Å². The Bertz CT molecular complexity index is 4880. The van der Waals surface area contributed by atoms with E-state index < -0.39 is 5.82 Å². The molecule has 3 atom stereocenters. The van der Waals surface area contributed by atoms with Crippen molar-refractivity contribution in [3.05, 3.63) is 252 Å². The smallest absolute Gasteiger partial charge is 0.246 e. The van der Waals surface area contributed by atoms with Gasteiger partial charge in [0.2, 0.25) is 17.7 Å². The topological polar surface area (TPSA) is 181 Å². The zero-order valence-electron chi connectivity index (χ0n) is 54.3. The molecule has 3 saturated heterocycles. The predicted octanol–water partition coefficient (Wildman–Crippen LogP) is 18.7. The molecule has 0 saturated carbocycles. The molecule has 0 spiro atoms. The van der Waals surface area contributed by atoms with Gasteiger partial charge in [0.15, 0.2) is 0 Å². The number of piperidine rings is 2. The van der Waals surface area contributed by atoms with Crippen molar-refractivity contribution in [2.24, 2.45) is 0 Å². The molecule has 18 nitrogen and oxygen atoms in total. The first-order valence-corrected chi connectivity index (χ1v) is 34.4. The maximum Gasteiger partial charge on any atom is 0.246 e. The van der Waals surface area contributed by atoms with Crippen LogP contribution in [0.4, 0.5) is 4.39 Å². The summed E-state index contributed by atoms with van der Waals surface area (Å²) in [6.45, 7) is 14.8. The predicted molar refractivity (Wildman–Crippen MR) is 394 cm³/mol. The Hall–Kier alpha value is -10.4. The number of likely N-dealkylation sites (tertiary alicyclic amines) is 3. The first kappa shape index (κ1) is 69.1. The maximum absolute atomic E-state index is 13.7. The van der Waals surface area contributed by atoms with Gasteiger partial charge in [-0.3, -0.25) is 43.4 Å². The van der Waals surface area contributed by atoms with Crippen LogP contribution >= 0.6 is 58.0 Å². The number of amides is 3. The summed E-state index contributed by atoms with van der Waals surface area (Å²) in [4.78, 5) is 54.8. The van der Waals surface area contributed by atoms with Crippen LogP contribution in [0.1, 0.15) is 50.2 Å². The molecule has 0 aliphatic carbocycles. The number of carbonyl (C=O) groups is 3. The second-order valence-corrected chi connectivity index (χ2v) is 26.0. The highest BCUT2D eigenvalue weighted by atomic mass is 35.5. The Morgan fingerprint density at radius 1 is 0.416 bits per heavy atom. The molecule has 0 bridgehead atoms. The third kappa shape index (κ3) is 15.1. The zero-order chi connectivity index (χ0) is 70.3. The molecular weight excluding hydrogens is 1390 g/mol. The SMILES string of the molecule is C=CC(=O)N1CCC(n2nc(-c3ccc(Oc4cccc(Cl)c4Cl)cc3)c3cnccc32)C1.C=CC(=O)N1CCCC(n2nc(-c3ccc(Oc4cccc(Cl)c4Cl)cc3)c3cnccc32)C1.C=CC(=O)N1CCCC(n2nc(-c3ccc(Oc4cccc(F)c4Cl)cc3)c3cnccc32)C1. The summed E-state index contributed by atoms with van der Waals surface area (Å²) in [5.74, 6) is 2.37. The molecule has 510 valence electrons. The number of rotatable bonds is 15. The number of nitrogens with zero attached hydrogens (tertiary/aromatic N) is 12. The lowest BCUT2D eigenvalue weighted by molar-refractivity contribution is -0.128. The summed E-state index contributed by atoms with van der Waals surface area (Å²) in [6.07, 6.45) is 19.4. The van der Waals surface area contributed by atoms with Gasteiger partial charge in [-0.15, -0.1) is 0 Å². The van der Waals surface area contributed by atoms with Crippen LogP contribution in [-0.4, -0.2) is 116 Å². The molecule has 0 radical (unpaired) electrons. The van der Waals surface area contributed by atoms with Crippen molar-refractivity contribution < 1.29 is 33.0 Å². The Morgan fingerprint density at radius 2 is 0.743 bits per heavy atom. The van der Waals surface area contributed by atoms with Crippen LogP contribution in [0.5, 0.6) is 34.5 Å². The van der Waals surface area contributed by atoms with Gasteiger partial charge in [0, 0.05) is 109 Å². The highest BCUT2D eigenvalue weighted by Gasteiger charge is 2.31. The normalized spacial score (nSPS) is 15.9. The monoisotopic (exact) mass is 1450 g/mol. The first-order chi connectivity index (χ1) is 49.1. The molecule has 3 fully saturated rings. The third-order valence-corrected chi connectivity index (χ3v) is 19.8. The summed E-state index contributed by atoms with van der Waals surface area (Å²) in [5, 5.41) is 19.3. The van der Waals surface area contributed by atoms with Gasteiger partial charge in [-0.2, -0.15) is 15.3 Å². The fourth-order valence-corrected chi connectivity index (χ4v) is 13.6. The number of halogens is 6. The number of hydrogen-bond acceptors (Lipinski definition) is 12. The van der Waals surface area contributed by atoms with Gasteiger partial charge in [0.1, 0.15) is 72.5 Å². The van der Waals surface area contributed by atoms with Crippen molar-refractivity contribution in [1.82, 2.24) is 59.0 Å². The standard InChI is InChI=1S/C26H22Cl2N4O2.C26H22ClFN4O2.C25H20Cl2N4O2/c1-2-24(33)31-14-4-5-18(16-31)32-22-12-13-29-15-20(22)26(30-32)17-8-10-19(11-9-17)34-23-7-3-6-21(27)25(23)28;1-2-24(33)31-14-4-5-18(16-31)32-22-12-13-29-15-20(22)26(30-32)17-8-10-19(11-9-17)34-23-7-3-6-21(28)25(23)27;1-2-23(32)30-13-11-17(15-30)31-21-10-12-28-14-19(21)25(29-31)16-6-8-18(9-7-16)33-22-5-3-4-20(26)24(22)27/h2*2-3,6-13,15,18H,1,4-5,14,16H2;2-10,12,14,17H,1,11,13,15H2. The summed E-state index contributed by atoms with van der Waals surface area (Å²) in [5.41, 5.74) is 8.19. The Kier molecular flexibility index (Phi) is 21.2. The van der Waals surface area contributed by atoms with E-state index in [1.807, 2.05) is 115 Å². The molecule has 3 aliphatic heterocycles. The lowest BCUT2D eigenvalue weighted by atomic mass is 10.1. The van der Waals surface area contributed by atoms with Gasteiger partial charge in [-0.1, -0.05) is 95.9 Å². The molecule has 3 aliphatic rings. The third-order valence-electron chi connectivity index (χ3n) is 17.8. The van der Waals surface area contributed by atoms with Crippen LogP contribution in [0.2, 0.25) is 25.1 Å². The summed E-state index contributed by atoms with van der Waals surface area (Å²) < 4.78 is 37.3. The summed E-state index contributed by atoms with van der Waals surface area (Å²) >= 11 is 30.6. The van der Waals surface area contributed by atoms with Crippen LogP contribution in [0.3, 0.4) is 0 Å². The number of pyridine rings is 3. The van der Waals surface area contributed by atoms with E-state index >= 15 is 0 Å². The molecule has 0 N–H and O–H groups in total. The van der Waals surface area contributed by atoms with Crippen molar-refractivity contribution in [1.29, 1.82) is 0 Å². The van der Waals surface area contributed by atoms with E-state index in [1.165, 1.54) is 24.3 Å². The molecular formula is C77H64Cl5FN12O6. The minimum Gasteiger partial charge on any atom is -0.456 e. The quantitative estimate of drug-likeness (QED) is 0.0888. The molecule has 6 aromatic carbocycles. The van der Waals surface area contributed by atoms with E-state index in [1.54, 1.807) is 90.4 Å². The van der Waals surface area contributed by atoms with E-state index in [0.717, 1.165) is 112 Å². The summed E-state index contributed by atoms with van der Waals surface area (Å²) in [6, 6.07) is 43.8. The minimum atomic E-state index is -0.531. The second-order valence-electron chi connectivity index (χ2n) is 24.1. The number of benzene rings is 6. The molecule has 9 heterocycles. The highest BCUT2D eigenvalue weighted by molar-refractivity contribution is 6.43. The molecule has 6 aromatic heterocycles. The van der Waals surface area contributed by atoms with Crippen molar-refractivity contribution >= 4 is 108 Å². The Labute approximate surface area is 606 Å². The zero-order valence-corrected chi connectivity index (χ0v) is 58.0. The van der Waals surface area contributed by atoms with E-state index in [0.29, 0.717) is 75.0 Å². The Morgan fingerprint density at radius 3 is 1.10 bits per heavy atom. The fourth-order valence-electron chi connectivity index (χ4n) is 12.8. The van der Waals surface area contributed by atoms with Gasteiger partial charge < -0.3 is 28.9 Å².